The standard InChI is InChI=1S/C24H25FN2O4S/c1-18(2)31-22-14-8-19(9-15-22)16-26-24(28)17-27(21-12-10-20(25)11-13-21)32(29,30)23-6-4-3-5-7-23/h3-15,18H,16-17H2,1-2H3,(H,26,28). The molecule has 1 amide bonds. The number of sulfonamides is 1. The van der Waals surface area contributed by atoms with Crippen molar-refractivity contribution in [2.24, 2.45) is 0 Å². The van der Waals surface area contributed by atoms with Crippen molar-refractivity contribution in [2.75, 3.05) is 10.8 Å². The number of amides is 1. The largest absolute Gasteiger partial charge is 0.491 e. The lowest BCUT2D eigenvalue weighted by Crippen LogP contribution is -2.40. The Labute approximate surface area is 187 Å². The minimum Gasteiger partial charge on any atom is -0.491 e. The molecule has 168 valence electrons. The highest BCUT2D eigenvalue weighted by Gasteiger charge is 2.27. The van der Waals surface area contributed by atoms with Gasteiger partial charge in [0.25, 0.3) is 10.0 Å². The number of nitrogens with one attached hydrogen (secondary N) is 1. The van der Waals surface area contributed by atoms with E-state index in [0.717, 1.165) is 27.8 Å². The van der Waals surface area contributed by atoms with Crippen LogP contribution in [0.4, 0.5) is 10.1 Å². The number of anilines is 1. The number of carbonyl (C=O) groups excluding carboxylic acids is 1. The van der Waals surface area contributed by atoms with E-state index in [2.05, 4.69) is 5.32 Å². The highest BCUT2D eigenvalue weighted by atomic mass is 32.2. The summed E-state index contributed by atoms with van der Waals surface area (Å²) in [6.07, 6.45) is 0.0598. The molecule has 3 rings (SSSR count). The van der Waals surface area contributed by atoms with E-state index in [1.807, 2.05) is 38.1 Å². The number of rotatable bonds is 9. The van der Waals surface area contributed by atoms with Crippen LogP contribution in [0.25, 0.3) is 0 Å². The fourth-order valence-corrected chi connectivity index (χ4v) is 4.43. The molecule has 3 aromatic rings. The predicted molar refractivity (Wildman–Crippen MR) is 121 cm³/mol. The van der Waals surface area contributed by atoms with Crippen LogP contribution in [0.5, 0.6) is 5.75 Å². The quantitative estimate of drug-likeness (QED) is 0.526. The van der Waals surface area contributed by atoms with Gasteiger partial charge in [-0.3, -0.25) is 9.10 Å². The monoisotopic (exact) mass is 456 g/mol. The molecule has 6 nitrogen and oxygen atoms in total. The van der Waals surface area contributed by atoms with E-state index in [-0.39, 0.29) is 23.2 Å². The molecule has 32 heavy (non-hydrogen) atoms. The minimum absolute atomic E-state index is 0.0397. The third-order valence-electron chi connectivity index (χ3n) is 4.52. The second-order valence-corrected chi connectivity index (χ2v) is 9.25. The van der Waals surface area contributed by atoms with Crippen molar-refractivity contribution in [2.45, 2.75) is 31.4 Å². The Balaban J connectivity index is 1.74. The normalized spacial score (nSPS) is 11.2. The number of ether oxygens (including phenoxy) is 1. The SMILES string of the molecule is CC(C)Oc1ccc(CNC(=O)CN(c2ccc(F)cc2)S(=O)(=O)c2ccccc2)cc1. The molecule has 1 N–H and O–H groups in total. The van der Waals surface area contributed by atoms with Crippen molar-refractivity contribution in [3.8, 4) is 5.75 Å². The van der Waals surface area contributed by atoms with Gasteiger partial charge in [0.05, 0.1) is 16.7 Å². The van der Waals surface area contributed by atoms with Crippen LogP contribution in [-0.2, 0) is 21.4 Å². The molecule has 0 heterocycles. The van der Waals surface area contributed by atoms with Crippen LogP contribution in [0.3, 0.4) is 0 Å². The average molecular weight is 457 g/mol. The fraction of sp³-hybridized carbons (Fsp3) is 0.208. The summed E-state index contributed by atoms with van der Waals surface area (Å²) in [5.41, 5.74) is 1.04. The Hall–Kier alpha value is -3.39. The third-order valence-corrected chi connectivity index (χ3v) is 6.31. The smallest absolute Gasteiger partial charge is 0.264 e. The van der Waals surface area contributed by atoms with Gasteiger partial charge >= 0.3 is 0 Å². The van der Waals surface area contributed by atoms with Crippen LogP contribution in [0.2, 0.25) is 0 Å². The van der Waals surface area contributed by atoms with Gasteiger partial charge < -0.3 is 10.1 Å². The van der Waals surface area contributed by atoms with E-state index in [1.54, 1.807) is 18.2 Å². The van der Waals surface area contributed by atoms with Gasteiger partial charge in [-0.25, -0.2) is 12.8 Å². The predicted octanol–water partition coefficient (Wildman–Crippen LogP) is 4.12. The fourth-order valence-electron chi connectivity index (χ4n) is 2.99. The molecule has 3 aromatic carbocycles. The molecule has 0 fully saturated rings. The van der Waals surface area contributed by atoms with Gasteiger partial charge in [-0.1, -0.05) is 30.3 Å². The molecular weight excluding hydrogens is 431 g/mol. The maximum absolute atomic E-state index is 13.4. The van der Waals surface area contributed by atoms with E-state index in [9.17, 15) is 17.6 Å². The molecule has 0 spiro atoms. The summed E-state index contributed by atoms with van der Waals surface area (Å²) >= 11 is 0. The van der Waals surface area contributed by atoms with Crippen molar-refractivity contribution in [3.63, 3.8) is 0 Å². The molecule has 0 aromatic heterocycles. The molecular formula is C24H25FN2O4S. The third kappa shape index (κ3) is 6.07. The first kappa shape index (κ1) is 23.3. The van der Waals surface area contributed by atoms with Gasteiger partial charge in [0.2, 0.25) is 5.91 Å². The van der Waals surface area contributed by atoms with Gasteiger partial charge in [0.15, 0.2) is 0 Å². The van der Waals surface area contributed by atoms with Gasteiger partial charge in [0.1, 0.15) is 18.1 Å². The zero-order valence-corrected chi connectivity index (χ0v) is 18.7. The highest BCUT2D eigenvalue weighted by molar-refractivity contribution is 7.92. The van der Waals surface area contributed by atoms with Crippen LogP contribution in [-0.4, -0.2) is 27.0 Å². The Morgan fingerprint density at radius 3 is 2.19 bits per heavy atom. The Morgan fingerprint density at radius 2 is 1.59 bits per heavy atom. The van der Waals surface area contributed by atoms with Crippen LogP contribution in [0.15, 0.2) is 83.8 Å². The summed E-state index contributed by atoms with van der Waals surface area (Å²) in [5, 5.41) is 2.73. The van der Waals surface area contributed by atoms with Crippen molar-refractivity contribution in [1.29, 1.82) is 0 Å². The molecule has 0 saturated heterocycles. The number of hydrogen-bond donors (Lipinski definition) is 1. The second-order valence-electron chi connectivity index (χ2n) is 7.39. The Kier molecular flexibility index (Phi) is 7.48. The number of nitrogens with zero attached hydrogens (tertiary/aromatic N) is 1. The zero-order chi connectivity index (χ0) is 23.1. The summed E-state index contributed by atoms with van der Waals surface area (Å²) < 4.78 is 46.3. The van der Waals surface area contributed by atoms with E-state index < -0.39 is 28.3 Å². The summed E-state index contributed by atoms with van der Waals surface area (Å²) in [4.78, 5) is 12.7. The highest BCUT2D eigenvalue weighted by Crippen LogP contribution is 2.23. The van der Waals surface area contributed by atoms with Crippen molar-refractivity contribution < 1.29 is 22.3 Å². The molecule has 0 unspecified atom stereocenters. The lowest BCUT2D eigenvalue weighted by Gasteiger charge is -2.24. The Bertz CT molecular complexity index is 1130. The maximum atomic E-state index is 13.4. The van der Waals surface area contributed by atoms with Crippen LogP contribution < -0.4 is 14.4 Å². The van der Waals surface area contributed by atoms with Crippen molar-refractivity contribution in [1.82, 2.24) is 5.32 Å². The first-order valence-corrected chi connectivity index (χ1v) is 11.6. The molecule has 0 saturated carbocycles. The number of carbonyl (C=O) groups is 1. The van der Waals surface area contributed by atoms with E-state index in [4.69, 9.17) is 4.74 Å². The number of halogens is 1. The van der Waals surface area contributed by atoms with E-state index in [1.165, 1.54) is 24.3 Å². The van der Waals surface area contributed by atoms with Crippen molar-refractivity contribution >= 4 is 21.6 Å². The number of benzene rings is 3. The summed E-state index contributed by atoms with van der Waals surface area (Å²) in [7, 11) is -4.03. The molecule has 8 heteroatoms. The average Bonchev–Trinajstić information content (AvgIpc) is 2.78. The first-order valence-electron chi connectivity index (χ1n) is 10.1. The van der Waals surface area contributed by atoms with E-state index >= 15 is 0 Å². The van der Waals surface area contributed by atoms with Gasteiger partial charge in [-0.05, 0) is 67.9 Å². The lowest BCUT2D eigenvalue weighted by molar-refractivity contribution is -0.119. The summed E-state index contributed by atoms with van der Waals surface area (Å²) in [6.45, 7) is 3.65. The van der Waals surface area contributed by atoms with Crippen LogP contribution >= 0.6 is 0 Å². The second kappa shape index (κ2) is 10.3. The van der Waals surface area contributed by atoms with Gasteiger partial charge in [0, 0.05) is 6.54 Å². The Morgan fingerprint density at radius 1 is 0.969 bits per heavy atom. The molecule has 0 bridgehead atoms. The molecule has 0 radical (unpaired) electrons. The molecule has 0 atom stereocenters. The first-order chi connectivity index (χ1) is 15.3. The number of hydrogen-bond acceptors (Lipinski definition) is 4. The summed E-state index contributed by atoms with van der Waals surface area (Å²) in [5.74, 6) is -0.261. The van der Waals surface area contributed by atoms with Crippen LogP contribution in [0, 0.1) is 5.82 Å². The summed E-state index contributed by atoms with van der Waals surface area (Å²) in [6, 6.07) is 20.0. The molecule has 0 aliphatic carbocycles. The lowest BCUT2D eigenvalue weighted by atomic mass is 10.2. The van der Waals surface area contributed by atoms with E-state index in [0.29, 0.717) is 0 Å². The topological polar surface area (TPSA) is 75.7 Å². The van der Waals surface area contributed by atoms with Crippen molar-refractivity contribution in [3.05, 3.63) is 90.2 Å². The molecule has 0 aliphatic rings. The zero-order valence-electron chi connectivity index (χ0n) is 17.9. The minimum atomic E-state index is -4.03. The maximum Gasteiger partial charge on any atom is 0.264 e. The molecule has 0 aliphatic heterocycles. The van der Waals surface area contributed by atoms with Gasteiger partial charge in [-0.2, -0.15) is 0 Å². The van der Waals surface area contributed by atoms with Gasteiger partial charge in [-0.15, -0.1) is 0 Å². The van der Waals surface area contributed by atoms with Crippen LogP contribution in [0.1, 0.15) is 19.4 Å².